The zero-order chi connectivity index (χ0) is 36.0. The van der Waals surface area contributed by atoms with Gasteiger partial charge in [0, 0.05) is 54.3 Å². The van der Waals surface area contributed by atoms with Crippen LogP contribution in [-0.2, 0) is 6.18 Å². The highest BCUT2D eigenvalue weighted by atomic mass is 35.5. The molecule has 8 nitrogen and oxygen atoms in total. The zero-order valence-corrected chi connectivity index (χ0v) is 28.4. The highest BCUT2D eigenvalue weighted by molar-refractivity contribution is 6.37. The minimum Gasteiger partial charge on any atom is -0.461 e. The van der Waals surface area contributed by atoms with E-state index in [4.69, 9.17) is 27.1 Å². The molecule has 3 N–H and O–H groups in total. The number of benzene rings is 2. The van der Waals surface area contributed by atoms with Crippen molar-refractivity contribution in [3.05, 3.63) is 45.7 Å². The summed E-state index contributed by atoms with van der Waals surface area (Å²) in [7, 11) is 0. The predicted octanol–water partition coefficient (Wildman–Crippen LogP) is 7.24. The van der Waals surface area contributed by atoms with Gasteiger partial charge in [0.2, 0.25) is 0 Å². The average Bonchev–Trinajstić information content (AvgIpc) is 3.38. The molecule has 1 spiro atoms. The fourth-order valence-electron chi connectivity index (χ4n) is 10.1. The van der Waals surface area contributed by atoms with Gasteiger partial charge in [-0.3, -0.25) is 4.90 Å². The molecule has 5 fully saturated rings. The van der Waals surface area contributed by atoms with Crippen LogP contribution in [-0.4, -0.2) is 70.7 Å². The predicted molar refractivity (Wildman–Crippen MR) is 179 cm³/mol. The number of nitrogens with zero attached hydrogens (tertiary/aromatic N) is 5. The van der Waals surface area contributed by atoms with Crippen molar-refractivity contribution in [3.63, 3.8) is 0 Å². The Morgan fingerprint density at radius 1 is 1.20 bits per heavy atom. The number of alkyl halides is 5. The van der Waals surface area contributed by atoms with Crippen LogP contribution in [0.15, 0.2) is 12.6 Å². The minimum atomic E-state index is -5.01. The van der Waals surface area contributed by atoms with Crippen molar-refractivity contribution in [1.82, 2.24) is 20.2 Å². The van der Waals surface area contributed by atoms with Gasteiger partial charge < -0.3 is 20.7 Å². The van der Waals surface area contributed by atoms with Crippen LogP contribution < -0.4 is 20.7 Å². The molecule has 15 heteroatoms. The normalized spacial score (nSPS) is 30.5. The standard InChI is InChI=1S/C36H34ClF6N7O/c1-16-9-22-21-5-4-18(46-21)11-50(22)31-26-23(16)28(37)25(24-19(10-44)20(45)8-17(2)27(24)36(41,42)43)29(38)30(26)47-32(48-31)51-15-34-6-3-7-49(34)14-33(12-34)13-35(33,39)40/h8,18,21-22,46H,1,3-7,9,11-15,45H2,2H3/t18-,21+,22-,33+,34+/m1/s1. The molecule has 51 heavy (non-hydrogen) atoms. The van der Waals surface area contributed by atoms with Crippen LogP contribution in [0, 0.1) is 29.5 Å². The number of hydrogen-bond acceptors (Lipinski definition) is 8. The van der Waals surface area contributed by atoms with Crippen LogP contribution in [0.5, 0.6) is 6.01 Å². The lowest BCUT2D eigenvalue weighted by Gasteiger charge is -2.41. The van der Waals surface area contributed by atoms with E-state index in [1.54, 1.807) is 6.07 Å². The minimum absolute atomic E-state index is 0.0150. The van der Waals surface area contributed by atoms with E-state index in [1.165, 1.54) is 6.92 Å². The second-order valence-corrected chi connectivity index (χ2v) is 15.8. The topological polar surface area (TPSA) is 103 Å². The van der Waals surface area contributed by atoms with E-state index in [1.807, 2.05) is 0 Å². The van der Waals surface area contributed by atoms with Crippen LogP contribution in [0.3, 0.4) is 0 Å². The Morgan fingerprint density at radius 3 is 2.67 bits per heavy atom. The summed E-state index contributed by atoms with van der Waals surface area (Å²) in [5.41, 5.74) is 0.821. The van der Waals surface area contributed by atoms with Crippen molar-refractivity contribution in [2.45, 2.75) is 87.6 Å². The van der Waals surface area contributed by atoms with E-state index in [0.29, 0.717) is 37.3 Å². The van der Waals surface area contributed by atoms with Crippen molar-refractivity contribution >= 4 is 39.6 Å². The number of rotatable bonds is 4. The molecule has 6 heterocycles. The molecule has 0 radical (unpaired) electrons. The number of nitriles is 1. The molecule has 1 aliphatic carbocycles. The third-order valence-corrected chi connectivity index (χ3v) is 12.8. The fraction of sp³-hybridized carbons (Fsp3) is 0.528. The number of ether oxygens (including phenoxy) is 1. The molecule has 0 amide bonds. The van der Waals surface area contributed by atoms with Gasteiger partial charge in [-0.15, -0.1) is 0 Å². The summed E-state index contributed by atoms with van der Waals surface area (Å²) in [6.45, 7) is 6.90. The molecule has 1 aromatic heterocycles. The van der Waals surface area contributed by atoms with Crippen molar-refractivity contribution in [2.75, 3.05) is 36.9 Å². The Morgan fingerprint density at radius 2 is 1.96 bits per heavy atom. The number of nitrogens with two attached hydrogens (primary N) is 1. The molecule has 0 unspecified atom stereocenters. The first kappa shape index (κ1) is 33.1. The molecule has 1 saturated carbocycles. The Labute approximate surface area is 294 Å². The lowest BCUT2D eigenvalue weighted by molar-refractivity contribution is -0.137. The lowest BCUT2D eigenvalue weighted by Crippen LogP contribution is -2.58. The van der Waals surface area contributed by atoms with Gasteiger partial charge in [-0.05, 0) is 69.2 Å². The molecule has 2 bridgehead atoms. The van der Waals surface area contributed by atoms with Gasteiger partial charge in [-0.25, -0.2) is 13.2 Å². The Balaban J connectivity index is 1.27. The van der Waals surface area contributed by atoms with E-state index in [0.717, 1.165) is 25.3 Å². The number of anilines is 2. The first-order chi connectivity index (χ1) is 24.1. The monoisotopic (exact) mass is 729 g/mol. The van der Waals surface area contributed by atoms with E-state index in [-0.39, 0.29) is 82.9 Å². The summed E-state index contributed by atoms with van der Waals surface area (Å²) in [5.74, 6) is -3.61. The van der Waals surface area contributed by atoms with Crippen LogP contribution in [0.2, 0.25) is 5.02 Å². The number of nitrogens with one attached hydrogen (secondary N) is 1. The molecule has 3 aromatic rings. The second kappa shape index (κ2) is 10.6. The number of aromatic nitrogens is 2. The number of hydrogen-bond donors (Lipinski definition) is 2. The van der Waals surface area contributed by atoms with Gasteiger partial charge in [0.1, 0.15) is 24.0 Å². The van der Waals surface area contributed by atoms with E-state index >= 15 is 4.39 Å². The maximum absolute atomic E-state index is 17.4. The Hall–Kier alpha value is -3.80. The highest BCUT2D eigenvalue weighted by Crippen LogP contribution is 2.69. The van der Waals surface area contributed by atoms with Gasteiger partial charge in [0.05, 0.1) is 38.2 Å². The summed E-state index contributed by atoms with van der Waals surface area (Å²) in [5, 5.41) is 13.6. The molecule has 4 saturated heterocycles. The maximum Gasteiger partial charge on any atom is 0.417 e. The molecule has 2 aromatic carbocycles. The van der Waals surface area contributed by atoms with Crippen molar-refractivity contribution in [2.24, 2.45) is 5.41 Å². The summed E-state index contributed by atoms with van der Waals surface area (Å²) in [4.78, 5) is 13.5. The molecular formula is C36H34ClF6N7O. The number of halogens is 7. The van der Waals surface area contributed by atoms with Crippen molar-refractivity contribution < 1.29 is 31.1 Å². The molecule has 268 valence electrons. The van der Waals surface area contributed by atoms with Gasteiger partial charge in [-0.2, -0.15) is 28.4 Å². The third kappa shape index (κ3) is 4.59. The Kier molecular flexibility index (Phi) is 6.90. The zero-order valence-electron chi connectivity index (χ0n) is 27.7. The largest absolute Gasteiger partial charge is 0.461 e. The molecule has 6 aliphatic rings. The number of aryl methyl sites for hydroxylation is 1. The summed E-state index contributed by atoms with van der Waals surface area (Å²) in [6.07, 6.45) is -1.35. The number of fused-ring (bicyclic) bond motifs is 6. The van der Waals surface area contributed by atoms with Gasteiger partial charge in [0.25, 0.3) is 5.92 Å². The Bertz CT molecular complexity index is 2120. The summed E-state index contributed by atoms with van der Waals surface area (Å²) >= 11 is 7.03. The smallest absolute Gasteiger partial charge is 0.417 e. The van der Waals surface area contributed by atoms with Crippen LogP contribution in [0.1, 0.15) is 67.2 Å². The maximum atomic E-state index is 17.4. The third-order valence-electron chi connectivity index (χ3n) is 12.4. The number of nitrogen functional groups attached to an aromatic ring is 1. The average molecular weight is 730 g/mol. The van der Waals surface area contributed by atoms with Crippen molar-refractivity contribution in [3.8, 4) is 23.2 Å². The van der Waals surface area contributed by atoms with Crippen LogP contribution >= 0.6 is 11.6 Å². The van der Waals surface area contributed by atoms with E-state index in [9.17, 15) is 27.2 Å². The molecular weight excluding hydrogens is 696 g/mol. The van der Waals surface area contributed by atoms with E-state index in [2.05, 4.69) is 26.7 Å². The second-order valence-electron chi connectivity index (χ2n) is 15.4. The highest BCUT2D eigenvalue weighted by Gasteiger charge is 2.77. The first-order valence-corrected chi connectivity index (χ1v) is 17.6. The van der Waals surface area contributed by atoms with Crippen LogP contribution in [0.4, 0.5) is 37.8 Å². The quantitative estimate of drug-likeness (QED) is 0.214. The summed E-state index contributed by atoms with van der Waals surface area (Å²) in [6, 6.07) is 2.52. The SMILES string of the molecule is C=C1C[C@@H]2[C@@H]3CC[C@H](CN2c2nc(OC[C@@]45CCCN4C[C@@]4(CC4(F)F)C5)nc4c(F)c(-c5c(C#N)c(N)cc(C)c5C(F)(F)F)c(Cl)c1c24)N3. The number of piperazine rings is 1. The molecule has 5 aliphatic heterocycles. The molecule has 9 rings (SSSR count). The van der Waals surface area contributed by atoms with Crippen LogP contribution in [0.25, 0.3) is 27.6 Å². The molecule has 5 atom stereocenters. The summed E-state index contributed by atoms with van der Waals surface area (Å²) < 4.78 is 97.1. The van der Waals surface area contributed by atoms with E-state index < -0.39 is 51.1 Å². The van der Waals surface area contributed by atoms with Gasteiger partial charge in [0.15, 0.2) is 5.82 Å². The van der Waals surface area contributed by atoms with Gasteiger partial charge >= 0.3 is 12.2 Å². The van der Waals surface area contributed by atoms with Crippen molar-refractivity contribution in [1.29, 1.82) is 5.26 Å². The fourth-order valence-corrected chi connectivity index (χ4v) is 10.5. The van der Waals surface area contributed by atoms with Gasteiger partial charge in [-0.1, -0.05) is 18.2 Å². The lowest BCUT2D eigenvalue weighted by atomic mass is 9.86. The first-order valence-electron chi connectivity index (χ1n) is 17.2.